The van der Waals surface area contributed by atoms with Gasteiger partial charge in [-0.3, -0.25) is 14.4 Å². The summed E-state index contributed by atoms with van der Waals surface area (Å²) in [5, 5.41) is 20.5. The van der Waals surface area contributed by atoms with Crippen molar-refractivity contribution in [3.8, 4) is 0 Å². The van der Waals surface area contributed by atoms with Gasteiger partial charge in [-0.25, -0.2) is 4.98 Å². The normalized spacial score (nSPS) is 30.1. The van der Waals surface area contributed by atoms with Crippen LogP contribution in [0.4, 0.5) is 11.5 Å². The van der Waals surface area contributed by atoms with E-state index in [-0.39, 0.29) is 29.2 Å². The summed E-state index contributed by atoms with van der Waals surface area (Å²) < 4.78 is 7.30. The number of hydrogen-bond acceptors (Lipinski definition) is 7. The van der Waals surface area contributed by atoms with Gasteiger partial charge in [0, 0.05) is 56.9 Å². The summed E-state index contributed by atoms with van der Waals surface area (Å²) in [6, 6.07) is 7.92. The van der Waals surface area contributed by atoms with Crippen LogP contribution >= 0.6 is 11.6 Å². The van der Waals surface area contributed by atoms with Crippen molar-refractivity contribution < 1.29 is 14.6 Å². The number of piperazine rings is 1. The van der Waals surface area contributed by atoms with Gasteiger partial charge >= 0.3 is 0 Å². The third kappa shape index (κ3) is 4.37. The van der Waals surface area contributed by atoms with Gasteiger partial charge in [-0.15, -0.1) is 0 Å². The van der Waals surface area contributed by atoms with Gasteiger partial charge in [-0.2, -0.15) is 5.10 Å². The Morgan fingerprint density at radius 3 is 2.68 bits per heavy atom. The molecule has 0 spiro atoms. The fourth-order valence-electron chi connectivity index (χ4n) is 6.02. The number of rotatable bonds is 5. The molecular formula is C27H33ClN6O3. The van der Waals surface area contributed by atoms with Crippen molar-refractivity contribution in [3.05, 3.63) is 47.4 Å². The summed E-state index contributed by atoms with van der Waals surface area (Å²) in [6.45, 7) is 8.35. The average molecular weight is 525 g/mol. The van der Waals surface area contributed by atoms with E-state index in [1.165, 1.54) is 0 Å². The number of fused-ring (bicyclic) bond motifs is 1. The molecule has 3 aromatic rings. The number of aryl methyl sites for hydroxylation is 1. The first-order valence-electron chi connectivity index (χ1n) is 12.9. The fourth-order valence-corrected chi connectivity index (χ4v) is 6.31. The van der Waals surface area contributed by atoms with Crippen LogP contribution in [0.1, 0.15) is 25.5 Å². The van der Waals surface area contributed by atoms with E-state index >= 15 is 0 Å². The van der Waals surface area contributed by atoms with Gasteiger partial charge in [-0.05, 0) is 42.5 Å². The highest BCUT2D eigenvalue weighted by molar-refractivity contribution is 6.34. The van der Waals surface area contributed by atoms with E-state index < -0.39 is 6.10 Å². The second-order valence-corrected chi connectivity index (χ2v) is 11.3. The Morgan fingerprint density at radius 1 is 1.22 bits per heavy atom. The first-order valence-corrected chi connectivity index (χ1v) is 13.3. The number of ether oxygens (including phenoxy) is 1. The van der Waals surface area contributed by atoms with E-state index in [2.05, 4.69) is 45.1 Å². The third-order valence-electron chi connectivity index (χ3n) is 8.53. The second kappa shape index (κ2) is 9.23. The first-order chi connectivity index (χ1) is 17.7. The molecule has 5 atom stereocenters. The molecule has 10 heteroatoms. The predicted molar refractivity (Wildman–Crippen MR) is 143 cm³/mol. The number of halogens is 1. The van der Waals surface area contributed by atoms with Crippen molar-refractivity contribution in [2.45, 2.75) is 31.4 Å². The molecule has 0 radical (unpaired) electrons. The van der Waals surface area contributed by atoms with E-state index in [0.29, 0.717) is 24.1 Å². The quantitative estimate of drug-likeness (QED) is 0.530. The minimum absolute atomic E-state index is 0.0214. The van der Waals surface area contributed by atoms with Crippen molar-refractivity contribution >= 4 is 39.8 Å². The molecule has 1 aromatic carbocycles. The lowest BCUT2D eigenvalue weighted by Crippen LogP contribution is -2.60. The Kier molecular flexibility index (Phi) is 6.14. The Balaban J connectivity index is 1.16. The number of anilines is 2. The van der Waals surface area contributed by atoms with Crippen LogP contribution in [-0.2, 0) is 16.6 Å². The molecule has 1 amide bonds. The van der Waals surface area contributed by atoms with Crippen LogP contribution in [0.3, 0.4) is 0 Å². The Labute approximate surface area is 221 Å². The van der Waals surface area contributed by atoms with Crippen molar-refractivity contribution in [2.24, 2.45) is 18.9 Å². The molecule has 0 bridgehead atoms. The van der Waals surface area contributed by atoms with Crippen LogP contribution < -0.4 is 10.2 Å². The number of aliphatic hydroxyl groups excluding tert-OH is 1. The molecule has 37 heavy (non-hydrogen) atoms. The first kappa shape index (κ1) is 24.6. The molecule has 2 N–H and O–H groups in total. The molecule has 2 saturated heterocycles. The SMILES string of the molecule is C[C@@H]1[C@@H](C(=O)Nc2cc3cc(N4CCN([C@]5(C)COC[C@@H]5O)CC4)c(Cl)cc3cn2)[C@@H]1c1ccn(C)n1. The zero-order chi connectivity index (χ0) is 25.9. The second-order valence-electron chi connectivity index (χ2n) is 10.9. The minimum Gasteiger partial charge on any atom is -0.389 e. The maximum absolute atomic E-state index is 13.0. The Bertz CT molecular complexity index is 1340. The molecule has 1 saturated carbocycles. The smallest absolute Gasteiger partial charge is 0.229 e. The van der Waals surface area contributed by atoms with E-state index in [1.54, 1.807) is 10.9 Å². The summed E-state index contributed by atoms with van der Waals surface area (Å²) in [7, 11) is 1.89. The lowest BCUT2D eigenvalue weighted by molar-refractivity contribution is -0.117. The summed E-state index contributed by atoms with van der Waals surface area (Å²) in [5.74, 6) is 0.808. The van der Waals surface area contributed by atoms with Gasteiger partial charge in [-0.1, -0.05) is 18.5 Å². The van der Waals surface area contributed by atoms with Crippen LogP contribution in [0.2, 0.25) is 5.02 Å². The fraction of sp³-hybridized carbons (Fsp3) is 0.519. The monoisotopic (exact) mass is 524 g/mol. The van der Waals surface area contributed by atoms with Gasteiger partial charge in [0.1, 0.15) is 5.82 Å². The number of aromatic nitrogens is 3. The van der Waals surface area contributed by atoms with Crippen LogP contribution in [0.25, 0.3) is 10.8 Å². The average Bonchev–Trinajstić information content (AvgIpc) is 3.15. The number of benzene rings is 1. The van der Waals surface area contributed by atoms with Gasteiger partial charge in [0.2, 0.25) is 5.91 Å². The Morgan fingerprint density at radius 2 is 2.00 bits per heavy atom. The molecule has 4 heterocycles. The standard InChI is InChI=1S/C27H33ClN6O3/c1-16-24(20-4-5-32(3)31-20)25(16)26(36)30-23-12-17-11-21(19(28)10-18(17)13-29-23)33-6-8-34(9-7-33)27(2)15-37-14-22(27)35/h4-5,10-13,16,22,24-25,35H,6-9,14-15H2,1-3H3,(H,29,30,36)/t16-,22-,24-,25+,27+/m0/s1. The molecule has 3 fully saturated rings. The van der Waals surface area contributed by atoms with E-state index in [1.807, 2.05) is 31.4 Å². The Hall–Kier alpha value is -2.72. The molecule has 2 aliphatic heterocycles. The van der Waals surface area contributed by atoms with E-state index in [0.717, 1.165) is 48.3 Å². The molecule has 9 nitrogen and oxygen atoms in total. The number of hydrogen-bond donors (Lipinski definition) is 2. The van der Waals surface area contributed by atoms with E-state index in [4.69, 9.17) is 16.3 Å². The maximum atomic E-state index is 13.0. The highest BCUT2D eigenvalue weighted by Crippen LogP contribution is 2.53. The molecule has 3 aliphatic rings. The zero-order valence-corrected chi connectivity index (χ0v) is 22.1. The number of carbonyl (C=O) groups excluding carboxylic acids is 1. The van der Waals surface area contributed by atoms with Gasteiger partial charge in [0.05, 0.1) is 47.2 Å². The minimum atomic E-state index is -0.470. The number of aliphatic hydroxyl groups is 1. The summed E-state index contributed by atoms with van der Waals surface area (Å²) in [4.78, 5) is 22.1. The van der Waals surface area contributed by atoms with Gasteiger partial charge in [0.15, 0.2) is 0 Å². The molecule has 6 rings (SSSR count). The van der Waals surface area contributed by atoms with Crippen molar-refractivity contribution in [1.29, 1.82) is 0 Å². The highest BCUT2D eigenvalue weighted by Gasteiger charge is 2.53. The van der Waals surface area contributed by atoms with Crippen molar-refractivity contribution in [3.63, 3.8) is 0 Å². The number of amides is 1. The third-order valence-corrected chi connectivity index (χ3v) is 8.83. The molecule has 1 aliphatic carbocycles. The maximum Gasteiger partial charge on any atom is 0.229 e. The van der Waals surface area contributed by atoms with Crippen molar-refractivity contribution in [2.75, 3.05) is 49.6 Å². The zero-order valence-electron chi connectivity index (χ0n) is 21.4. The van der Waals surface area contributed by atoms with Crippen molar-refractivity contribution in [1.82, 2.24) is 19.7 Å². The topological polar surface area (TPSA) is 95.8 Å². The number of nitrogens with zero attached hydrogens (tertiary/aromatic N) is 5. The number of pyridine rings is 1. The lowest BCUT2D eigenvalue weighted by atomic mass is 9.95. The highest BCUT2D eigenvalue weighted by atomic mass is 35.5. The van der Waals surface area contributed by atoms with Crippen LogP contribution in [0.15, 0.2) is 36.7 Å². The van der Waals surface area contributed by atoms with Gasteiger partial charge < -0.3 is 20.1 Å². The van der Waals surface area contributed by atoms with Gasteiger partial charge in [0.25, 0.3) is 0 Å². The molecule has 196 valence electrons. The summed E-state index contributed by atoms with van der Waals surface area (Å²) in [6.07, 6.45) is 3.20. The molecule has 0 unspecified atom stereocenters. The van der Waals surface area contributed by atoms with Crippen LogP contribution in [-0.4, -0.2) is 81.7 Å². The van der Waals surface area contributed by atoms with Crippen LogP contribution in [0, 0.1) is 11.8 Å². The lowest BCUT2D eigenvalue weighted by Gasteiger charge is -2.45. The number of carbonyl (C=O) groups is 1. The molecular weight excluding hydrogens is 492 g/mol. The predicted octanol–water partition coefficient (Wildman–Crippen LogP) is 2.88. The van der Waals surface area contributed by atoms with Crippen LogP contribution in [0.5, 0.6) is 0 Å². The number of nitrogens with one attached hydrogen (secondary N) is 1. The molecule has 2 aromatic heterocycles. The largest absolute Gasteiger partial charge is 0.389 e. The van der Waals surface area contributed by atoms with E-state index in [9.17, 15) is 9.90 Å². The summed E-state index contributed by atoms with van der Waals surface area (Å²) >= 11 is 6.70. The summed E-state index contributed by atoms with van der Waals surface area (Å²) in [5.41, 5.74) is 1.59.